The fourth-order valence-corrected chi connectivity index (χ4v) is 2.07. The minimum Gasteiger partial charge on any atom is -0.484 e. The van der Waals surface area contributed by atoms with E-state index in [9.17, 15) is 18.0 Å². The smallest absolute Gasteiger partial charge is 0.416 e. The van der Waals surface area contributed by atoms with Crippen molar-refractivity contribution in [3.8, 4) is 5.75 Å². The number of fused-ring (bicyclic) bond motifs is 1. The largest absolute Gasteiger partial charge is 0.484 e. The molecular weight excluding hydrogens is 325 g/mol. The average molecular weight is 336 g/mol. The fourth-order valence-electron chi connectivity index (χ4n) is 2.07. The van der Waals surface area contributed by atoms with Crippen LogP contribution in [0, 0.1) is 0 Å². The van der Waals surface area contributed by atoms with Crippen LogP contribution in [0.2, 0.25) is 0 Å². The molecule has 1 amide bonds. The molecule has 0 aliphatic heterocycles. The van der Waals surface area contributed by atoms with Gasteiger partial charge in [0.05, 0.1) is 5.56 Å². The lowest BCUT2D eigenvalue weighted by molar-refractivity contribution is -0.137. The highest BCUT2D eigenvalue weighted by atomic mass is 19.4. The Morgan fingerprint density at radius 3 is 2.50 bits per heavy atom. The van der Waals surface area contributed by atoms with Crippen molar-refractivity contribution in [3.05, 3.63) is 59.5 Å². The minimum atomic E-state index is -4.44. The number of amides is 1. The zero-order valence-electron chi connectivity index (χ0n) is 12.1. The highest BCUT2D eigenvalue weighted by Crippen LogP contribution is 2.31. The lowest BCUT2D eigenvalue weighted by Gasteiger charge is -2.04. The summed E-state index contributed by atoms with van der Waals surface area (Å²) in [6, 6.07) is 9.16. The summed E-state index contributed by atoms with van der Waals surface area (Å²) < 4.78 is 48.8. The summed E-state index contributed by atoms with van der Waals surface area (Å²) in [7, 11) is 0. The maximum atomic E-state index is 12.7. The molecule has 24 heavy (non-hydrogen) atoms. The predicted molar refractivity (Wildman–Crippen MR) is 78.3 cm³/mol. The molecule has 0 aliphatic carbocycles. The van der Waals surface area contributed by atoms with E-state index in [0.717, 1.165) is 12.1 Å². The van der Waals surface area contributed by atoms with E-state index in [2.05, 4.69) is 4.98 Å². The zero-order chi connectivity index (χ0) is 17.3. The Morgan fingerprint density at radius 1 is 1.17 bits per heavy atom. The van der Waals surface area contributed by atoms with Crippen LogP contribution < -0.4 is 10.5 Å². The van der Waals surface area contributed by atoms with Crippen LogP contribution in [0.1, 0.15) is 21.8 Å². The van der Waals surface area contributed by atoms with E-state index in [1.54, 1.807) is 12.1 Å². The van der Waals surface area contributed by atoms with Gasteiger partial charge in [-0.2, -0.15) is 13.2 Å². The van der Waals surface area contributed by atoms with Crippen molar-refractivity contribution in [1.29, 1.82) is 0 Å². The van der Waals surface area contributed by atoms with Crippen molar-refractivity contribution in [2.45, 2.75) is 12.8 Å². The van der Waals surface area contributed by atoms with E-state index >= 15 is 0 Å². The zero-order valence-corrected chi connectivity index (χ0v) is 12.1. The second-order valence-corrected chi connectivity index (χ2v) is 4.97. The van der Waals surface area contributed by atoms with Gasteiger partial charge >= 0.3 is 6.18 Å². The number of benzene rings is 2. The topological polar surface area (TPSA) is 78.4 Å². The molecule has 0 saturated carbocycles. The summed E-state index contributed by atoms with van der Waals surface area (Å²) in [4.78, 5) is 14.9. The summed E-state index contributed by atoms with van der Waals surface area (Å²) in [5.41, 5.74) is 5.02. The van der Waals surface area contributed by atoms with Gasteiger partial charge in [-0.3, -0.25) is 4.79 Å². The molecule has 2 N–H and O–H groups in total. The number of carbonyl (C=O) groups is 1. The minimum absolute atomic E-state index is 0.0635. The first-order valence-electron chi connectivity index (χ1n) is 6.82. The summed E-state index contributed by atoms with van der Waals surface area (Å²) in [6.07, 6.45) is -4.44. The molecular formula is C16H11F3N2O3. The van der Waals surface area contributed by atoms with E-state index < -0.39 is 17.6 Å². The quantitative estimate of drug-likeness (QED) is 0.790. The molecule has 1 heterocycles. The molecule has 0 saturated heterocycles. The number of oxazole rings is 1. The van der Waals surface area contributed by atoms with Crippen molar-refractivity contribution in [2.75, 3.05) is 0 Å². The van der Waals surface area contributed by atoms with Gasteiger partial charge in [0.15, 0.2) is 12.2 Å². The molecule has 0 fully saturated rings. The van der Waals surface area contributed by atoms with Crippen LogP contribution in [0.25, 0.3) is 11.1 Å². The Hall–Kier alpha value is -3.03. The van der Waals surface area contributed by atoms with Crippen LogP contribution in [0.15, 0.2) is 46.9 Å². The first-order valence-corrected chi connectivity index (χ1v) is 6.82. The Bertz CT molecular complexity index is 886. The normalized spacial score (nSPS) is 11.6. The van der Waals surface area contributed by atoms with E-state index in [0.29, 0.717) is 11.3 Å². The molecule has 0 atom stereocenters. The van der Waals surface area contributed by atoms with Gasteiger partial charge in [0, 0.05) is 5.56 Å². The van der Waals surface area contributed by atoms with Crippen LogP contribution in [-0.2, 0) is 12.8 Å². The maximum absolute atomic E-state index is 12.7. The van der Waals surface area contributed by atoms with Crippen molar-refractivity contribution in [1.82, 2.24) is 4.98 Å². The maximum Gasteiger partial charge on any atom is 0.416 e. The van der Waals surface area contributed by atoms with E-state index in [1.165, 1.54) is 18.2 Å². The van der Waals surface area contributed by atoms with E-state index in [4.69, 9.17) is 14.9 Å². The molecule has 1 aromatic heterocycles. The standard InChI is InChI=1S/C16H11F3N2O3/c17-16(18,19)10-3-6-13-12(7-10)21-14(24-13)8-23-11-4-1-9(2-5-11)15(20)22/h1-7H,8H2,(H2,20,22). The van der Waals surface area contributed by atoms with Crippen LogP contribution in [0.4, 0.5) is 13.2 Å². The van der Waals surface area contributed by atoms with Crippen molar-refractivity contribution < 1.29 is 27.1 Å². The van der Waals surface area contributed by atoms with Crippen molar-refractivity contribution >= 4 is 17.0 Å². The third-order valence-corrected chi connectivity index (χ3v) is 3.26. The number of carbonyl (C=O) groups excluding carboxylic acids is 1. The van der Waals surface area contributed by atoms with Gasteiger partial charge in [0.25, 0.3) is 0 Å². The monoisotopic (exact) mass is 336 g/mol. The Kier molecular flexibility index (Phi) is 3.88. The van der Waals surface area contributed by atoms with Gasteiger partial charge in [0.2, 0.25) is 11.8 Å². The lowest BCUT2D eigenvalue weighted by atomic mass is 10.2. The van der Waals surface area contributed by atoms with Gasteiger partial charge in [-0.05, 0) is 42.5 Å². The predicted octanol–water partition coefficient (Wildman–Crippen LogP) is 3.52. The van der Waals surface area contributed by atoms with Gasteiger partial charge in [-0.15, -0.1) is 0 Å². The van der Waals surface area contributed by atoms with Crippen LogP contribution >= 0.6 is 0 Å². The van der Waals surface area contributed by atoms with E-state index in [1.807, 2.05) is 0 Å². The number of hydrogen-bond acceptors (Lipinski definition) is 4. The third kappa shape index (κ3) is 3.32. The summed E-state index contributed by atoms with van der Waals surface area (Å²) in [5, 5.41) is 0. The Balaban J connectivity index is 1.74. The SMILES string of the molecule is NC(=O)c1ccc(OCc2nc3cc(C(F)(F)F)ccc3o2)cc1. The molecule has 0 radical (unpaired) electrons. The summed E-state index contributed by atoms with van der Waals surface area (Å²) >= 11 is 0. The second kappa shape index (κ2) is 5.88. The van der Waals surface area contributed by atoms with Gasteiger partial charge in [-0.1, -0.05) is 0 Å². The highest BCUT2D eigenvalue weighted by molar-refractivity contribution is 5.92. The van der Waals surface area contributed by atoms with Gasteiger partial charge < -0.3 is 14.9 Å². The molecule has 0 unspecified atom stereocenters. The number of rotatable bonds is 4. The second-order valence-electron chi connectivity index (χ2n) is 4.97. The number of primary amides is 1. The van der Waals surface area contributed by atoms with Gasteiger partial charge in [-0.25, -0.2) is 4.98 Å². The molecule has 0 bridgehead atoms. The Morgan fingerprint density at radius 2 is 1.88 bits per heavy atom. The number of alkyl halides is 3. The molecule has 0 aliphatic rings. The first-order chi connectivity index (χ1) is 11.3. The number of aromatic nitrogens is 1. The number of ether oxygens (including phenoxy) is 1. The molecule has 124 valence electrons. The van der Waals surface area contributed by atoms with Crippen LogP contribution in [-0.4, -0.2) is 10.9 Å². The number of nitrogens with two attached hydrogens (primary N) is 1. The molecule has 8 heteroatoms. The molecule has 5 nitrogen and oxygen atoms in total. The summed E-state index contributed by atoms with van der Waals surface area (Å²) in [6.45, 7) is -0.0635. The molecule has 2 aromatic carbocycles. The van der Waals surface area contributed by atoms with Crippen LogP contribution in [0.5, 0.6) is 5.75 Å². The average Bonchev–Trinajstić information content (AvgIpc) is 2.94. The highest BCUT2D eigenvalue weighted by Gasteiger charge is 2.31. The fraction of sp³-hybridized carbons (Fsp3) is 0.125. The van der Waals surface area contributed by atoms with Crippen molar-refractivity contribution in [2.24, 2.45) is 5.73 Å². The molecule has 3 aromatic rings. The Labute approximate surface area is 133 Å². The van der Waals surface area contributed by atoms with E-state index in [-0.39, 0.29) is 23.6 Å². The number of halogens is 3. The van der Waals surface area contributed by atoms with Gasteiger partial charge in [0.1, 0.15) is 11.3 Å². The third-order valence-electron chi connectivity index (χ3n) is 3.26. The van der Waals surface area contributed by atoms with Crippen LogP contribution in [0.3, 0.4) is 0 Å². The van der Waals surface area contributed by atoms with Crippen molar-refractivity contribution in [3.63, 3.8) is 0 Å². The summed E-state index contributed by atoms with van der Waals surface area (Å²) in [5.74, 6) is 0.0301. The number of nitrogens with zero attached hydrogens (tertiary/aromatic N) is 1. The molecule has 0 spiro atoms. The lowest BCUT2D eigenvalue weighted by Crippen LogP contribution is -2.10. The molecule has 3 rings (SSSR count). The number of hydrogen-bond donors (Lipinski definition) is 1. The first kappa shape index (κ1) is 15.9.